The number of fused-ring (bicyclic) bond motifs is 1. The second-order valence-electron chi connectivity index (χ2n) is 5.12. The predicted molar refractivity (Wildman–Crippen MR) is 95.3 cm³/mol. The molecule has 2 heterocycles. The van der Waals surface area contributed by atoms with Gasteiger partial charge in [0.1, 0.15) is 0 Å². The summed E-state index contributed by atoms with van der Waals surface area (Å²) in [6.07, 6.45) is 0. The van der Waals surface area contributed by atoms with Crippen LogP contribution in [0.3, 0.4) is 0 Å². The molecule has 4 rings (SSSR count). The van der Waals surface area contributed by atoms with Crippen molar-refractivity contribution in [1.29, 1.82) is 0 Å². The molecule has 0 aliphatic rings. The first kappa shape index (κ1) is 12.8. The summed E-state index contributed by atoms with van der Waals surface area (Å²) in [7, 11) is 0. The maximum atomic E-state index is 2.34. The lowest BCUT2D eigenvalue weighted by Crippen LogP contribution is -1.87. The van der Waals surface area contributed by atoms with Crippen LogP contribution in [0.4, 0.5) is 0 Å². The smallest absolute Gasteiger partial charge is 0.0351 e. The zero-order valence-corrected chi connectivity index (χ0v) is 13.3. The molecule has 0 radical (unpaired) electrons. The molecule has 0 unspecified atom stereocenters. The van der Waals surface area contributed by atoms with Crippen molar-refractivity contribution in [3.05, 3.63) is 70.9 Å². The summed E-state index contributed by atoms with van der Waals surface area (Å²) in [4.78, 5) is 2.69. The van der Waals surface area contributed by atoms with E-state index in [0.717, 1.165) is 0 Å². The molecule has 21 heavy (non-hydrogen) atoms. The third-order valence-electron chi connectivity index (χ3n) is 3.80. The molecule has 0 N–H and O–H groups in total. The maximum absolute atomic E-state index is 2.34. The van der Waals surface area contributed by atoms with Crippen LogP contribution in [-0.4, -0.2) is 0 Å². The van der Waals surface area contributed by atoms with E-state index in [-0.39, 0.29) is 0 Å². The molecule has 0 aliphatic heterocycles. The van der Waals surface area contributed by atoms with E-state index in [2.05, 4.69) is 72.3 Å². The van der Waals surface area contributed by atoms with Crippen molar-refractivity contribution < 1.29 is 0 Å². The second kappa shape index (κ2) is 5.14. The molecule has 2 aromatic carbocycles. The van der Waals surface area contributed by atoms with E-state index in [9.17, 15) is 0 Å². The minimum absolute atomic E-state index is 1.34. The molecule has 2 heteroatoms. The Morgan fingerprint density at radius 1 is 0.714 bits per heavy atom. The van der Waals surface area contributed by atoms with Crippen molar-refractivity contribution in [2.24, 2.45) is 0 Å². The van der Waals surface area contributed by atoms with Crippen molar-refractivity contribution >= 4 is 33.4 Å². The summed E-state index contributed by atoms with van der Waals surface area (Å²) < 4.78 is 0. The molecule has 0 saturated carbocycles. The van der Waals surface area contributed by atoms with E-state index in [4.69, 9.17) is 0 Å². The average molecular weight is 306 g/mol. The standard InChI is InChI=1S/C19H14S2/c1-13-12-16(17-8-4-10-20-17)14-6-2-3-7-15(14)19(13)18-9-5-11-21-18/h2-12H,1H3. The molecule has 0 nitrogen and oxygen atoms in total. The number of thiophene rings is 2. The van der Waals surface area contributed by atoms with Crippen molar-refractivity contribution in [1.82, 2.24) is 0 Å². The van der Waals surface area contributed by atoms with Crippen LogP contribution in [0.1, 0.15) is 5.56 Å². The molecule has 2 aromatic heterocycles. The van der Waals surface area contributed by atoms with Gasteiger partial charge in [-0.15, -0.1) is 22.7 Å². The molecule has 4 aromatic rings. The van der Waals surface area contributed by atoms with Crippen molar-refractivity contribution in [2.75, 3.05) is 0 Å². The van der Waals surface area contributed by atoms with Gasteiger partial charge in [-0.2, -0.15) is 0 Å². The first-order valence-electron chi connectivity index (χ1n) is 6.95. The SMILES string of the molecule is Cc1cc(-c2cccs2)c2ccccc2c1-c1cccs1. The summed E-state index contributed by atoms with van der Waals surface area (Å²) in [6.45, 7) is 2.22. The number of aryl methyl sites for hydroxylation is 1. The van der Waals surface area contributed by atoms with Gasteiger partial charge in [0.25, 0.3) is 0 Å². The molecule has 0 amide bonds. The molecule has 0 spiro atoms. The fraction of sp³-hybridized carbons (Fsp3) is 0.0526. The molecule has 102 valence electrons. The van der Waals surface area contributed by atoms with Gasteiger partial charge in [-0.25, -0.2) is 0 Å². The molecule has 0 saturated heterocycles. The fourth-order valence-corrected chi connectivity index (χ4v) is 4.50. The number of benzene rings is 2. The van der Waals surface area contributed by atoms with E-state index < -0.39 is 0 Å². The second-order valence-corrected chi connectivity index (χ2v) is 7.01. The lowest BCUT2D eigenvalue weighted by atomic mass is 9.94. The maximum Gasteiger partial charge on any atom is 0.0351 e. The van der Waals surface area contributed by atoms with Crippen molar-refractivity contribution in [3.63, 3.8) is 0 Å². The Bertz CT molecular complexity index is 885. The van der Waals surface area contributed by atoms with Gasteiger partial charge in [0.2, 0.25) is 0 Å². The lowest BCUT2D eigenvalue weighted by Gasteiger charge is -2.13. The van der Waals surface area contributed by atoms with Crippen LogP contribution in [0.5, 0.6) is 0 Å². The van der Waals surface area contributed by atoms with E-state index in [1.54, 1.807) is 11.3 Å². The summed E-state index contributed by atoms with van der Waals surface area (Å²) in [5.74, 6) is 0. The summed E-state index contributed by atoms with van der Waals surface area (Å²) in [6, 6.07) is 19.8. The van der Waals surface area contributed by atoms with Crippen molar-refractivity contribution in [3.8, 4) is 20.9 Å². The van der Waals surface area contributed by atoms with Crippen molar-refractivity contribution in [2.45, 2.75) is 6.92 Å². The fourth-order valence-electron chi connectivity index (χ4n) is 2.90. The Labute approximate surface area is 132 Å². The minimum Gasteiger partial charge on any atom is -0.144 e. The van der Waals surface area contributed by atoms with Gasteiger partial charge in [0.05, 0.1) is 0 Å². The van der Waals surface area contributed by atoms with Crippen LogP contribution >= 0.6 is 22.7 Å². The molecular weight excluding hydrogens is 292 g/mol. The molecule has 0 fully saturated rings. The third kappa shape index (κ3) is 2.11. The van der Waals surface area contributed by atoms with Gasteiger partial charge in [-0.3, -0.25) is 0 Å². The van der Waals surface area contributed by atoms with Crippen LogP contribution < -0.4 is 0 Å². The number of hydrogen-bond donors (Lipinski definition) is 0. The number of hydrogen-bond acceptors (Lipinski definition) is 2. The first-order valence-corrected chi connectivity index (χ1v) is 8.70. The van der Waals surface area contributed by atoms with Crippen LogP contribution in [0.2, 0.25) is 0 Å². The van der Waals surface area contributed by atoms with Gasteiger partial charge in [0.15, 0.2) is 0 Å². The Morgan fingerprint density at radius 3 is 2.05 bits per heavy atom. The topological polar surface area (TPSA) is 0 Å². The summed E-state index contributed by atoms with van der Waals surface area (Å²) in [5, 5.41) is 6.99. The Balaban J connectivity index is 2.11. The quantitative estimate of drug-likeness (QED) is 0.391. The average Bonchev–Trinajstić information content (AvgIpc) is 3.20. The third-order valence-corrected chi connectivity index (χ3v) is 5.59. The summed E-state index contributed by atoms with van der Waals surface area (Å²) >= 11 is 3.62. The van der Waals surface area contributed by atoms with E-state index in [1.165, 1.54) is 37.2 Å². The van der Waals surface area contributed by atoms with Crippen LogP contribution in [0.15, 0.2) is 65.4 Å². The Morgan fingerprint density at radius 2 is 1.38 bits per heavy atom. The molecular formula is C19H14S2. The molecule has 0 atom stereocenters. The lowest BCUT2D eigenvalue weighted by molar-refractivity contribution is 1.51. The molecule has 0 bridgehead atoms. The van der Waals surface area contributed by atoms with Crippen LogP contribution in [0.25, 0.3) is 31.7 Å². The van der Waals surface area contributed by atoms with E-state index >= 15 is 0 Å². The largest absolute Gasteiger partial charge is 0.144 e. The highest BCUT2D eigenvalue weighted by atomic mass is 32.1. The Hall–Kier alpha value is -1.90. The van der Waals surface area contributed by atoms with Gasteiger partial charge in [-0.05, 0) is 57.8 Å². The zero-order chi connectivity index (χ0) is 14.2. The highest BCUT2D eigenvalue weighted by Crippen LogP contribution is 2.40. The van der Waals surface area contributed by atoms with Crippen LogP contribution in [0, 0.1) is 6.92 Å². The van der Waals surface area contributed by atoms with E-state index in [0.29, 0.717) is 0 Å². The van der Waals surface area contributed by atoms with E-state index in [1.807, 2.05) is 11.3 Å². The van der Waals surface area contributed by atoms with Gasteiger partial charge >= 0.3 is 0 Å². The van der Waals surface area contributed by atoms with Crippen LogP contribution in [-0.2, 0) is 0 Å². The summed E-state index contributed by atoms with van der Waals surface area (Å²) in [5.41, 5.74) is 4.07. The van der Waals surface area contributed by atoms with Gasteiger partial charge in [-0.1, -0.05) is 36.4 Å². The highest BCUT2D eigenvalue weighted by molar-refractivity contribution is 7.14. The highest BCUT2D eigenvalue weighted by Gasteiger charge is 2.13. The first-order chi connectivity index (χ1) is 10.3. The predicted octanol–water partition coefficient (Wildman–Crippen LogP) is 6.61. The monoisotopic (exact) mass is 306 g/mol. The number of rotatable bonds is 2. The minimum atomic E-state index is 1.34. The molecule has 0 aliphatic carbocycles. The van der Waals surface area contributed by atoms with Gasteiger partial charge < -0.3 is 0 Å². The normalized spacial score (nSPS) is 11.1. The zero-order valence-electron chi connectivity index (χ0n) is 11.7. The Kier molecular flexibility index (Phi) is 3.13. The van der Waals surface area contributed by atoms with Gasteiger partial charge in [0, 0.05) is 15.3 Å².